The Morgan fingerprint density at radius 2 is 2.26 bits per heavy atom. The quantitative estimate of drug-likeness (QED) is 0.903. The number of hydrogen-bond acceptors (Lipinski definition) is 3. The molecule has 1 atom stereocenters. The van der Waals surface area contributed by atoms with E-state index in [2.05, 4.69) is 11.8 Å². The van der Waals surface area contributed by atoms with Crippen molar-refractivity contribution in [3.8, 4) is 5.75 Å². The molecule has 0 amide bonds. The average molecular weight is 289 g/mol. The molecule has 0 saturated carbocycles. The normalized spacial score (nSPS) is 23.1. The minimum absolute atomic E-state index is 0. The van der Waals surface area contributed by atoms with Crippen molar-refractivity contribution in [3.63, 3.8) is 0 Å². The van der Waals surface area contributed by atoms with Gasteiger partial charge in [0.15, 0.2) is 0 Å². The van der Waals surface area contributed by atoms with Gasteiger partial charge in [-0.05, 0) is 37.1 Å². The molecule has 1 saturated heterocycles. The molecule has 0 radical (unpaired) electrons. The summed E-state index contributed by atoms with van der Waals surface area (Å²) in [5.74, 6) is 0.333. The third-order valence-electron chi connectivity index (χ3n) is 3.60. The predicted octanol–water partition coefficient (Wildman–Crippen LogP) is 2.30. The SMILES string of the molecule is CC1(CN)CCN(CCOc2cccc(F)c2)C1.Cl. The van der Waals surface area contributed by atoms with Gasteiger partial charge in [0.25, 0.3) is 0 Å². The second-order valence-electron chi connectivity index (χ2n) is 5.35. The van der Waals surface area contributed by atoms with Crippen molar-refractivity contribution < 1.29 is 9.13 Å². The van der Waals surface area contributed by atoms with Crippen LogP contribution in [0.25, 0.3) is 0 Å². The van der Waals surface area contributed by atoms with Gasteiger partial charge in [-0.25, -0.2) is 4.39 Å². The molecule has 1 aromatic carbocycles. The first kappa shape index (κ1) is 16.2. The van der Waals surface area contributed by atoms with Crippen molar-refractivity contribution >= 4 is 12.4 Å². The average Bonchev–Trinajstić information content (AvgIpc) is 2.72. The van der Waals surface area contributed by atoms with Gasteiger partial charge in [0, 0.05) is 19.2 Å². The first-order valence-corrected chi connectivity index (χ1v) is 6.42. The van der Waals surface area contributed by atoms with Crippen LogP contribution < -0.4 is 10.5 Å². The van der Waals surface area contributed by atoms with E-state index in [4.69, 9.17) is 10.5 Å². The maximum atomic E-state index is 12.9. The molecular weight excluding hydrogens is 267 g/mol. The van der Waals surface area contributed by atoms with E-state index < -0.39 is 0 Å². The van der Waals surface area contributed by atoms with Crippen molar-refractivity contribution in [2.45, 2.75) is 13.3 Å². The molecular formula is C14H22ClFN2O. The minimum atomic E-state index is -0.260. The first-order chi connectivity index (χ1) is 8.61. The largest absolute Gasteiger partial charge is 0.492 e. The lowest BCUT2D eigenvalue weighted by molar-refractivity contribution is 0.219. The second-order valence-corrected chi connectivity index (χ2v) is 5.35. The smallest absolute Gasteiger partial charge is 0.126 e. The lowest BCUT2D eigenvalue weighted by atomic mass is 9.90. The van der Waals surface area contributed by atoms with E-state index in [1.165, 1.54) is 12.1 Å². The van der Waals surface area contributed by atoms with Crippen molar-refractivity contribution in [1.29, 1.82) is 0 Å². The number of rotatable bonds is 5. The van der Waals surface area contributed by atoms with Gasteiger partial charge in [-0.1, -0.05) is 13.0 Å². The summed E-state index contributed by atoms with van der Waals surface area (Å²) < 4.78 is 18.5. The molecule has 0 aliphatic carbocycles. The Hall–Kier alpha value is -0.840. The molecule has 108 valence electrons. The van der Waals surface area contributed by atoms with Gasteiger partial charge in [-0.2, -0.15) is 0 Å². The van der Waals surface area contributed by atoms with Gasteiger partial charge in [-0.15, -0.1) is 12.4 Å². The second kappa shape index (κ2) is 7.08. The van der Waals surface area contributed by atoms with Crippen molar-refractivity contribution in [2.75, 3.05) is 32.8 Å². The molecule has 1 unspecified atom stereocenters. The van der Waals surface area contributed by atoms with Crippen LogP contribution >= 0.6 is 12.4 Å². The molecule has 0 spiro atoms. The van der Waals surface area contributed by atoms with Crippen LogP contribution in [0.5, 0.6) is 5.75 Å². The maximum absolute atomic E-state index is 12.9. The molecule has 2 rings (SSSR count). The van der Waals surface area contributed by atoms with E-state index in [-0.39, 0.29) is 23.6 Å². The summed E-state index contributed by atoms with van der Waals surface area (Å²) >= 11 is 0. The summed E-state index contributed by atoms with van der Waals surface area (Å²) in [5, 5.41) is 0. The lowest BCUT2D eigenvalue weighted by Crippen LogP contribution is -2.33. The molecule has 1 aliphatic heterocycles. The molecule has 19 heavy (non-hydrogen) atoms. The third-order valence-corrected chi connectivity index (χ3v) is 3.60. The molecule has 1 aliphatic rings. The fourth-order valence-corrected chi connectivity index (χ4v) is 2.33. The summed E-state index contributed by atoms with van der Waals surface area (Å²) in [4.78, 5) is 2.35. The fourth-order valence-electron chi connectivity index (χ4n) is 2.33. The zero-order valence-corrected chi connectivity index (χ0v) is 12.1. The van der Waals surface area contributed by atoms with Gasteiger partial charge in [0.1, 0.15) is 18.2 Å². The molecule has 5 heteroatoms. The third kappa shape index (κ3) is 4.64. The molecule has 3 nitrogen and oxygen atoms in total. The van der Waals surface area contributed by atoms with Gasteiger partial charge >= 0.3 is 0 Å². The Morgan fingerprint density at radius 1 is 1.47 bits per heavy atom. The van der Waals surface area contributed by atoms with Crippen LogP contribution in [0.4, 0.5) is 4.39 Å². The molecule has 0 bridgehead atoms. The van der Waals surface area contributed by atoms with E-state index in [1.807, 2.05) is 0 Å². The van der Waals surface area contributed by atoms with Gasteiger partial charge in [0.05, 0.1) is 0 Å². The van der Waals surface area contributed by atoms with E-state index in [9.17, 15) is 4.39 Å². The highest BCUT2D eigenvalue weighted by atomic mass is 35.5. The van der Waals surface area contributed by atoms with E-state index in [0.717, 1.165) is 32.6 Å². The van der Waals surface area contributed by atoms with Crippen LogP contribution in [0.3, 0.4) is 0 Å². The van der Waals surface area contributed by atoms with Crippen molar-refractivity contribution in [1.82, 2.24) is 4.90 Å². The Morgan fingerprint density at radius 3 is 2.89 bits per heavy atom. The van der Waals surface area contributed by atoms with Crippen LogP contribution in [0, 0.1) is 11.2 Å². The summed E-state index contributed by atoms with van der Waals surface area (Å²) in [6.45, 7) is 6.50. The lowest BCUT2D eigenvalue weighted by Gasteiger charge is -2.22. The van der Waals surface area contributed by atoms with Crippen molar-refractivity contribution in [3.05, 3.63) is 30.1 Å². The Labute approximate surface area is 120 Å². The monoisotopic (exact) mass is 288 g/mol. The maximum Gasteiger partial charge on any atom is 0.126 e. The number of ether oxygens (including phenoxy) is 1. The van der Waals surface area contributed by atoms with Crippen LogP contribution in [-0.4, -0.2) is 37.7 Å². The number of nitrogens with two attached hydrogens (primary N) is 1. The first-order valence-electron chi connectivity index (χ1n) is 6.42. The Balaban J connectivity index is 0.00000180. The van der Waals surface area contributed by atoms with E-state index in [1.54, 1.807) is 12.1 Å². The molecule has 0 aromatic heterocycles. The Bertz CT molecular complexity index is 405. The number of nitrogens with zero attached hydrogens (tertiary/aromatic N) is 1. The zero-order chi connectivity index (χ0) is 13.0. The van der Waals surface area contributed by atoms with Gasteiger partial charge in [0.2, 0.25) is 0 Å². The minimum Gasteiger partial charge on any atom is -0.492 e. The van der Waals surface area contributed by atoms with Crippen molar-refractivity contribution in [2.24, 2.45) is 11.1 Å². The van der Waals surface area contributed by atoms with Crippen LogP contribution in [-0.2, 0) is 0 Å². The topological polar surface area (TPSA) is 38.5 Å². The summed E-state index contributed by atoms with van der Waals surface area (Å²) in [6, 6.07) is 6.26. The number of likely N-dealkylation sites (tertiary alicyclic amines) is 1. The fraction of sp³-hybridized carbons (Fsp3) is 0.571. The highest BCUT2D eigenvalue weighted by Crippen LogP contribution is 2.28. The highest BCUT2D eigenvalue weighted by molar-refractivity contribution is 5.85. The summed E-state index contributed by atoms with van der Waals surface area (Å²) in [7, 11) is 0. The molecule has 1 heterocycles. The van der Waals surface area contributed by atoms with Crippen LogP contribution in [0.2, 0.25) is 0 Å². The highest BCUT2D eigenvalue weighted by Gasteiger charge is 2.31. The molecule has 1 aromatic rings. The number of hydrogen-bond donors (Lipinski definition) is 1. The predicted molar refractivity (Wildman–Crippen MR) is 77.4 cm³/mol. The zero-order valence-electron chi connectivity index (χ0n) is 11.3. The standard InChI is InChI=1S/C14H21FN2O.ClH/c1-14(10-16)5-6-17(11-14)7-8-18-13-4-2-3-12(15)9-13;/h2-4,9H,5-8,10-11,16H2,1H3;1H. The van der Waals surface area contributed by atoms with E-state index >= 15 is 0 Å². The Kier molecular flexibility index (Phi) is 6.04. The summed E-state index contributed by atoms with van der Waals surface area (Å²) in [6.07, 6.45) is 1.14. The van der Waals surface area contributed by atoms with E-state index in [0.29, 0.717) is 12.4 Å². The number of halogens is 2. The van der Waals surface area contributed by atoms with Gasteiger partial charge in [-0.3, -0.25) is 4.90 Å². The van der Waals surface area contributed by atoms with Gasteiger partial charge < -0.3 is 10.5 Å². The van der Waals surface area contributed by atoms with Crippen LogP contribution in [0.15, 0.2) is 24.3 Å². The molecule has 1 fully saturated rings. The van der Waals surface area contributed by atoms with Crippen LogP contribution in [0.1, 0.15) is 13.3 Å². The summed E-state index contributed by atoms with van der Waals surface area (Å²) in [5.41, 5.74) is 6.02. The number of benzene rings is 1. The molecule has 2 N–H and O–H groups in total.